The first-order chi connectivity index (χ1) is 10.2. The maximum Gasteiger partial charge on any atom is 0.247 e. The maximum absolute atomic E-state index is 5.93. The molecule has 21 heavy (non-hydrogen) atoms. The molecular weight excluding hydrogens is 286 g/mol. The molecule has 0 amide bonds. The number of aromatic nitrogens is 2. The Kier molecular flexibility index (Phi) is 3.88. The van der Waals surface area contributed by atoms with Crippen molar-refractivity contribution in [3.05, 3.63) is 65.0 Å². The van der Waals surface area contributed by atoms with Crippen molar-refractivity contribution in [2.75, 3.05) is 5.32 Å². The maximum atomic E-state index is 5.93. The summed E-state index contributed by atoms with van der Waals surface area (Å²) in [7, 11) is 0. The second-order valence-corrected chi connectivity index (χ2v) is 5.17. The summed E-state index contributed by atoms with van der Waals surface area (Å²) in [5, 5.41) is 12.0. The Morgan fingerprint density at radius 3 is 2.67 bits per heavy atom. The van der Waals surface area contributed by atoms with E-state index in [2.05, 4.69) is 15.5 Å². The second-order valence-electron chi connectivity index (χ2n) is 4.73. The van der Waals surface area contributed by atoms with Crippen molar-refractivity contribution in [3.8, 4) is 11.5 Å². The van der Waals surface area contributed by atoms with Gasteiger partial charge in [-0.25, -0.2) is 0 Å². The molecule has 3 rings (SSSR count). The van der Waals surface area contributed by atoms with Gasteiger partial charge in [-0.1, -0.05) is 35.4 Å². The van der Waals surface area contributed by atoms with Gasteiger partial charge in [0.05, 0.1) is 6.54 Å². The van der Waals surface area contributed by atoms with Gasteiger partial charge in [0.1, 0.15) is 0 Å². The van der Waals surface area contributed by atoms with Gasteiger partial charge in [-0.3, -0.25) is 0 Å². The topological polar surface area (TPSA) is 51.0 Å². The molecule has 1 aromatic heterocycles. The third-order valence-corrected chi connectivity index (χ3v) is 3.27. The van der Waals surface area contributed by atoms with Crippen molar-refractivity contribution in [3.63, 3.8) is 0 Å². The van der Waals surface area contributed by atoms with Gasteiger partial charge in [0.25, 0.3) is 0 Å². The molecule has 0 spiro atoms. The standard InChI is InChI=1S/C16H14ClN3O/c1-11-5-7-12(8-6-11)16-20-19-15(21-16)10-18-14-4-2-3-13(17)9-14/h2-9,18H,10H2,1H3. The first kappa shape index (κ1) is 13.6. The van der Waals surface area contributed by atoms with Gasteiger partial charge in [0, 0.05) is 16.3 Å². The van der Waals surface area contributed by atoms with Crippen LogP contribution in [0.15, 0.2) is 52.9 Å². The first-order valence-electron chi connectivity index (χ1n) is 6.59. The molecule has 0 aliphatic carbocycles. The average molecular weight is 300 g/mol. The minimum Gasteiger partial charge on any atom is -0.419 e. The highest BCUT2D eigenvalue weighted by atomic mass is 35.5. The van der Waals surface area contributed by atoms with Crippen molar-refractivity contribution in [2.24, 2.45) is 0 Å². The van der Waals surface area contributed by atoms with Crippen molar-refractivity contribution < 1.29 is 4.42 Å². The van der Waals surface area contributed by atoms with Crippen LogP contribution in [0.4, 0.5) is 5.69 Å². The number of hydrogen-bond acceptors (Lipinski definition) is 4. The number of benzene rings is 2. The van der Waals surface area contributed by atoms with E-state index in [1.807, 2.05) is 55.5 Å². The number of anilines is 1. The van der Waals surface area contributed by atoms with Gasteiger partial charge in [-0.05, 0) is 37.3 Å². The lowest BCUT2D eigenvalue weighted by Gasteiger charge is -2.03. The number of nitrogens with one attached hydrogen (secondary N) is 1. The Hall–Kier alpha value is -2.33. The largest absolute Gasteiger partial charge is 0.419 e. The zero-order valence-corrected chi connectivity index (χ0v) is 12.3. The summed E-state index contributed by atoms with van der Waals surface area (Å²) in [5.74, 6) is 1.06. The highest BCUT2D eigenvalue weighted by Crippen LogP contribution is 2.19. The minimum atomic E-state index is 0.458. The lowest BCUT2D eigenvalue weighted by Crippen LogP contribution is -1.99. The fourth-order valence-corrected chi connectivity index (χ4v) is 2.10. The zero-order chi connectivity index (χ0) is 14.7. The van der Waals surface area contributed by atoms with Crippen LogP contribution in [0.25, 0.3) is 11.5 Å². The van der Waals surface area contributed by atoms with Crippen LogP contribution in [0.1, 0.15) is 11.5 Å². The minimum absolute atomic E-state index is 0.458. The number of rotatable bonds is 4. The summed E-state index contributed by atoms with van der Waals surface area (Å²) in [5.41, 5.74) is 3.03. The van der Waals surface area contributed by atoms with Gasteiger partial charge in [0.2, 0.25) is 11.8 Å². The first-order valence-corrected chi connectivity index (χ1v) is 6.97. The molecule has 0 atom stereocenters. The van der Waals surface area contributed by atoms with Crippen LogP contribution in [-0.2, 0) is 6.54 Å². The average Bonchev–Trinajstić information content (AvgIpc) is 2.95. The molecule has 0 aliphatic heterocycles. The Morgan fingerprint density at radius 1 is 1.10 bits per heavy atom. The number of nitrogens with zero attached hydrogens (tertiary/aromatic N) is 2. The Labute approximate surface area is 127 Å². The predicted octanol–water partition coefficient (Wildman–Crippen LogP) is 4.31. The summed E-state index contributed by atoms with van der Waals surface area (Å²) >= 11 is 5.93. The SMILES string of the molecule is Cc1ccc(-c2nnc(CNc3cccc(Cl)c3)o2)cc1. The van der Waals surface area contributed by atoms with Gasteiger partial charge in [0.15, 0.2) is 0 Å². The number of aryl methyl sites for hydroxylation is 1. The molecule has 2 aromatic carbocycles. The van der Waals surface area contributed by atoms with E-state index >= 15 is 0 Å². The third-order valence-electron chi connectivity index (χ3n) is 3.03. The van der Waals surface area contributed by atoms with Crippen molar-refractivity contribution in [1.29, 1.82) is 0 Å². The van der Waals surface area contributed by atoms with E-state index in [4.69, 9.17) is 16.0 Å². The normalized spacial score (nSPS) is 10.6. The van der Waals surface area contributed by atoms with Crippen molar-refractivity contribution >= 4 is 17.3 Å². The van der Waals surface area contributed by atoms with Crippen LogP contribution in [0, 0.1) is 6.92 Å². The van der Waals surface area contributed by atoms with Crippen molar-refractivity contribution in [1.82, 2.24) is 10.2 Å². The van der Waals surface area contributed by atoms with Crippen LogP contribution in [0.5, 0.6) is 0 Å². The number of halogens is 1. The lowest BCUT2D eigenvalue weighted by molar-refractivity contribution is 0.515. The molecule has 4 nitrogen and oxygen atoms in total. The summed E-state index contributed by atoms with van der Waals surface area (Å²) in [6.45, 7) is 2.50. The second kappa shape index (κ2) is 5.97. The van der Waals surface area contributed by atoms with E-state index in [1.54, 1.807) is 0 Å². The molecule has 3 aromatic rings. The summed E-state index contributed by atoms with van der Waals surface area (Å²) in [6, 6.07) is 15.5. The molecule has 106 valence electrons. The summed E-state index contributed by atoms with van der Waals surface area (Å²) in [6.07, 6.45) is 0. The number of hydrogen-bond donors (Lipinski definition) is 1. The molecule has 0 unspecified atom stereocenters. The third kappa shape index (κ3) is 3.41. The van der Waals surface area contributed by atoms with Gasteiger partial charge in [-0.2, -0.15) is 0 Å². The molecule has 5 heteroatoms. The fraction of sp³-hybridized carbons (Fsp3) is 0.125. The lowest BCUT2D eigenvalue weighted by atomic mass is 10.1. The van der Waals surface area contributed by atoms with Crippen LogP contribution in [0.2, 0.25) is 5.02 Å². The molecule has 0 fully saturated rings. The van der Waals surface area contributed by atoms with E-state index in [9.17, 15) is 0 Å². The van der Waals surface area contributed by atoms with Crippen LogP contribution in [-0.4, -0.2) is 10.2 Å². The monoisotopic (exact) mass is 299 g/mol. The van der Waals surface area contributed by atoms with Crippen molar-refractivity contribution in [2.45, 2.75) is 13.5 Å². The van der Waals surface area contributed by atoms with E-state index in [-0.39, 0.29) is 0 Å². The Bertz CT molecular complexity index is 737. The highest BCUT2D eigenvalue weighted by molar-refractivity contribution is 6.30. The zero-order valence-electron chi connectivity index (χ0n) is 11.5. The van der Waals surface area contributed by atoms with E-state index in [0.717, 1.165) is 11.3 Å². The summed E-state index contributed by atoms with van der Waals surface area (Å²) < 4.78 is 5.64. The molecule has 0 bridgehead atoms. The Balaban J connectivity index is 1.69. The van der Waals surface area contributed by atoms with Crippen LogP contribution >= 0.6 is 11.6 Å². The molecule has 1 heterocycles. The molecule has 1 N–H and O–H groups in total. The van der Waals surface area contributed by atoms with Crippen LogP contribution < -0.4 is 5.32 Å². The van der Waals surface area contributed by atoms with Crippen LogP contribution in [0.3, 0.4) is 0 Å². The predicted molar refractivity (Wildman–Crippen MR) is 83.2 cm³/mol. The fourth-order valence-electron chi connectivity index (χ4n) is 1.91. The Morgan fingerprint density at radius 2 is 1.90 bits per heavy atom. The molecule has 0 radical (unpaired) electrons. The van der Waals surface area contributed by atoms with Gasteiger partial charge >= 0.3 is 0 Å². The van der Waals surface area contributed by atoms with Gasteiger partial charge in [-0.15, -0.1) is 10.2 Å². The quantitative estimate of drug-likeness (QED) is 0.780. The van der Waals surface area contributed by atoms with E-state index in [1.165, 1.54) is 5.56 Å². The molecular formula is C16H14ClN3O. The highest BCUT2D eigenvalue weighted by Gasteiger charge is 2.08. The molecule has 0 saturated carbocycles. The molecule has 0 saturated heterocycles. The van der Waals surface area contributed by atoms with E-state index < -0.39 is 0 Å². The van der Waals surface area contributed by atoms with E-state index in [0.29, 0.717) is 23.3 Å². The van der Waals surface area contributed by atoms with Gasteiger partial charge < -0.3 is 9.73 Å². The smallest absolute Gasteiger partial charge is 0.247 e. The summed E-state index contributed by atoms with van der Waals surface area (Å²) in [4.78, 5) is 0. The molecule has 0 aliphatic rings.